The Hall–Kier alpha value is -1.36. The zero-order valence-corrected chi connectivity index (χ0v) is 12.2. The summed E-state index contributed by atoms with van der Waals surface area (Å²) in [6.07, 6.45) is -0.00220. The normalized spacial score (nSPS) is 12.0. The fourth-order valence-corrected chi connectivity index (χ4v) is 1.91. The maximum atomic E-state index is 12.0. The van der Waals surface area contributed by atoms with Crippen LogP contribution in [-0.4, -0.2) is 24.0 Å². The van der Waals surface area contributed by atoms with Crippen LogP contribution >= 0.6 is 15.9 Å². The number of anilines is 1. The van der Waals surface area contributed by atoms with Gasteiger partial charge in [0.05, 0.1) is 5.92 Å². The summed E-state index contributed by atoms with van der Waals surface area (Å²) in [4.78, 5) is 24.2. The molecule has 5 heteroatoms. The lowest BCUT2D eigenvalue weighted by molar-refractivity contribution is -0.143. The van der Waals surface area contributed by atoms with Gasteiger partial charge in [-0.2, -0.15) is 0 Å². The Morgan fingerprint density at radius 1 is 1.44 bits per heavy atom. The summed E-state index contributed by atoms with van der Waals surface area (Å²) in [6.45, 7) is 3.44. The highest BCUT2D eigenvalue weighted by Crippen LogP contribution is 2.24. The molecule has 0 aliphatic rings. The van der Waals surface area contributed by atoms with Crippen molar-refractivity contribution >= 4 is 33.5 Å². The molecular weight excluding hydrogens is 298 g/mol. The second-order valence-electron chi connectivity index (χ2n) is 4.33. The minimum absolute atomic E-state index is 0.00220. The third-order valence-corrected chi connectivity index (χ3v) is 3.30. The van der Waals surface area contributed by atoms with Crippen molar-refractivity contribution in [3.8, 4) is 0 Å². The first kappa shape index (κ1) is 14.7. The molecule has 1 aromatic carbocycles. The van der Waals surface area contributed by atoms with Gasteiger partial charge in [0.2, 0.25) is 5.91 Å². The number of nitrogens with zero attached hydrogens (tertiary/aromatic N) is 1. The number of rotatable bonds is 4. The highest BCUT2D eigenvalue weighted by atomic mass is 79.9. The number of benzene rings is 1. The molecule has 0 aliphatic heterocycles. The zero-order valence-electron chi connectivity index (χ0n) is 10.6. The van der Waals surface area contributed by atoms with Gasteiger partial charge in [-0.05, 0) is 24.6 Å². The van der Waals surface area contributed by atoms with Gasteiger partial charge < -0.3 is 10.0 Å². The van der Waals surface area contributed by atoms with Gasteiger partial charge in [0.1, 0.15) is 0 Å². The maximum Gasteiger partial charge on any atom is 0.306 e. The molecule has 1 atom stereocenters. The Balaban J connectivity index is 2.86. The van der Waals surface area contributed by atoms with E-state index >= 15 is 0 Å². The second kappa shape index (κ2) is 6.00. The summed E-state index contributed by atoms with van der Waals surface area (Å²) in [7, 11) is 1.66. The van der Waals surface area contributed by atoms with Crippen LogP contribution in [0.3, 0.4) is 0 Å². The number of carbonyl (C=O) groups is 2. The predicted molar refractivity (Wildman–Crippen MR) is 73.7 cm³/mol. The molecule has 4 nitrogen and oxygen atoms in total. The van der Waals surface area contributed by atoms with Crippen molar-refractivity contribution in [3.63, 3.8) is 0 Å². The van der Waals surface area contributed by atoms with Gasteiger partial charge in [-0.3, -0.25) is 9.59 Å². The molecule has 0 saturated heterocycles. The van der Waals surface area contributed by atoms with Crippen LogP contribution in [0.5, 0.6) is 0 Å². The van der Waals surface area contributed by atoms with Gasteiger partial charge in [0, 0.05) is 23.6 Å². The average molecular weight is 314 g/mol. The third-order valence-electron chi connectivity index (χ3n) is 2.81. The van der Waals surface area contributed by atoms with Gasteiger partial charge in [-0.25, -0.2) is 0 Å². The van der Waals surface area contributed by atoms with Crippen molar-refractivity contribution in [2.45, 2.75) is 20.3 Å². The smallest absolute Gasteiger partial charge is 0.306 e. The van der Waals surface area contributed by atoms with Crippen molar-refractivity contribution in [2.75, 3.05) is 11.9 Å². The first-order valence-corrected chi connectivity index (χ1v) is 6.37. The number of hydrogen-bond donors (Lipinski definition) is 1. The van der Waals surface area contributed by atoms with E-state index in [4.69, 9.17) is 5.11 Å². The molecule has 1 aromatic rings. The molecule has 0 aliphatic carbocycles. The molecule has 0 aromatic heterocycles. The molecular formula is C13H16BrNO3. The number of carboxylic acid groups (broad SMARTS) is 1. The fourth-order valence-electron chi connectivity index (χ4n) is 1.56. The minimum atomic E-state index is -0.956. The topological polar surface area (TPSA) is 57.6 Å². The lowest BCUT2D eigenvalue weighted by Crippen LogP contribution is -2.30. The van der Waals surface area contributed by atoms with Crippen molar-refractivity contribution in [2.24, 2.45) is 5.92 Å². The van der Waals surface area contributed by atoms with E-state index in [1.54, 1.807) is 7.05 Å². The van der Waals surface area contributed by atoms with Crippen molar-refractivity contribution < 1.29 is 14.7 Å². The van der Waals surface area contributed by atoms with Crippen LogP contribution in [0.1, 0.15) is 18.9 Å². The molecule has 1 N–H and O–H groups in total. The number of halogens is 1. The number of amides is 1. The minimum Gasteiger partial charge on any atom is -0.481 e. The molecule has 1 unspecified atom stereocenters. The second-order valence-corrected chi connectivity index (χ2v) is 5.24. The summed E-state index contributed by atoms with van der Waals surface area (Å²) < 4.78 is 0.883. The largest absolute Gasteiger partial charge is 0.481 e. The van der Waals surface area contributed by atoms with Crippen LogP contribution < -0.4 is 4.90 Å². The maximum absolute atomic E-state index is 12.0. The SMILES string of the molecule is Cc1ccc(Br)cc1N(C)C(=O)CC(C)C(=O)O. The predicted octanol–water partition coefficient (Wildman–Crippen LogP) is 2.83. The van der Waals surface area contributed by atoms with E-state index in [2.05, 4.69) is 15.9 Å². The molecule has 1 rings (SSSR count). The molecule has 0 spiro atoms. The van der Waals surface area contributed by atoms with Crippen LogP contribution in [0.25, 0.3) is 0 Å². The average Bonchev–Trinajstić information content (AvgIpc) is 2.31. The molecule has 98 valence electrons. The monoisotopic (exact) mass is 313 g/mol. The molecule has 0 heterocycles. The van der Waals surface area contributed by atoms with Crippen LogP contribution in [0.2, 0.25) is 0 Å². The Kier molecular flexibility index (Phi) is 4.90. The van der Waals surface area contributed by atoms with Gasteiger partial charge in [0.25, 0.3) is 0 Å². The highest BCUT2D eigenvalue weighted by molar-refractivity contribution is 9.10. The lowest BCUT2D eigenvalue weighted by atomic mass is 10.1. The summed E-state index contributed by atoms with van der Waals surface area (Å²) in [5, 5.41) is 8.80. The van der Waals surface area contributed by atoms with Crippen molar-refractivity contribution in [3.05, 3.63) is 28.2 Å². The number of aliphatic carboxylic acids is 1. The fraction of sp³-hybridized carbons (Fsp3) is 0.385. The molecule has 0 fully saturated rings. The third kappa shape index (κ3) is 3.57. The van der Waals surface area contributed by atoms with Gasteiger partial charge >= 0.3 is 5.97 Å². The van der Waals surface area contributed by atoms with Crippen LogP contribution in [0.4, 0.5) is 5.69 Å². The zero-order chi connectivity index (χ0) is 13.9. The number of carboxylic acids is 1. The van der Waals surface area contributed by atoms with E-state index in [-0.39, 0.29) is 12.3 Å². The molecule has 1 amide bonds. The summed E-state index contributed by atoms with van der Waals surface area (Å²) in [6, 6.07) is 5.65. The van der Waals surface area contributed by atoms with E-state index in [9.17, 15) is 9.59 Å². The molecule has 0 bridgehead atoms. The van der Waals surface area contributed by atoms with E-state index < -0.39 is 11.9 Å². The summed E-state index contributed by atoms with van der Waals surface area (Å²) in [5.41, 5.74) is 1.75. The number of hydrogen-bond acceptors (Lipinski definition) is 2. The van der Waals surface area contributed by atoms with E-state index in [1.807, 2.05) is 25.1 Å². The Morgan fingerprint density at radius 3 is 2.61 bits per heavy atom. The van der Waals surface area contributed by atoms with E-state index in [1.165, 1.54) is 11.8 Å². The Labute approximate surface area is 115 Å². The molecule has 18 heavy (non-hydrogen) atoms. The standard InChI is InChI=1S/C13H16BrNO3/c1-8-4-5-10(14)7-11(8)15(3)12(16)6-9(2)13(17)18/h4-5,7,9H,6H2,1-3H3,(H,17,18). The first-order valence-electron chi connectivity index (χ1n) is 5.58. The van der Waals surface area contributed by atoms with Gasteiger partial charge in [-0.15, -0.1) is 0 Å². The summed E-state index contributed by atoms with van der Waals surface area (Å²) in [5.74, 6) is -1.83. The number of aryl methyl sites for hydroxylation is 1. The van der Waals surface area contributed by atoms with Gasteiger partial charge in [-0.1, -0.05) is 28.9 Å². The van der Waals surface area contributed by atoms with Crippen LogP contribution in [0, 0.1) is 12.8 Å². The molecule has 0 radical (unpaired) electrons. The van der Waals surface area contributed by atoms with E-state index in [0.717, 1.165) is 15.7 Å². The van der Waals surface area contributed by atoms with Crippen molar-refractivity contribution in [1.82, 2.24) is 0 Å². The van der Waals surface area contributed by atoms with E-state index in [0.29, 0.717) is 0 Å². The highest BCUT2D eigenvalue weighted by Gasteiger charge is 2.20. The number of carbonyl (C=O) groups excluding carboxylic acids is 1. The van der Waals surface area contributed by atoms with Crippen LogP contribution in [-0.2, 0) is 9.59 Å². The van der Waals surface area contributed by atoms with Gasteiger partial charge in [0.15, 0.2) is 0 Å². The lowest BCUT2D eigenvalue weighted by Gasteiger charge is -2.20. The van der Waals surface area contributed by atoms with Crippen molar-refractivity contribution in [1.29, 1.82) is 0 Å². The quantitative estimate of drug-likeness (QED) is 0.930. The molecule has 0 saturated carbocycles. The first-order chi connectivity index (χ1) is 8.32. The Bertz CT molecular complexity index is 473. The van der Waals surface area contributed by atoms with Crippen LogP contribution in [0.15, 0.2) is 22.7 Å². The summed E-state index contributed by atoms with van der Waals surface area (Å²) >= 11 is 3.36. The Morgan fingerprint density at radius 2 is 2.06 bits per heavy atom.